The fourth-order valence-corrected chi connectivity index (χ4v) is 5.18. The predicted molar refractivity (Wildman–Crippen MR) is 90.5 cm³/mol. The summed E-state index contributed by atoms with van der Waals surface area (Å²) in [6.07, 6.45) is -0.292. The van der Waals surface area contributed by atoms with E-state index in [9.17, 15) is 19.8 Å². The van der Waals surface area contributed by atoms with E-state index in [1.165, 1.54) is 12.1 Å². The van der Waals surface area contributed by atoms with Crippen LogP contribution in [0.4, 0.5) is 0 Å². The molecule has 5 atom stereocenters. The SMILES string of the molecule is CC1(C)S[C@H]2C(N[C@H]2NC(=O)[C@H](N)c2ccc(O)cc2)[C@H]1C(=O)O. The minimum atomic E-state index is -0.846. The Kier molecular flexibility index (Phi) is 4.23. The highest BCUT2D eigenvalue weighted by atomic mass is 32.2. The Morgan fingerprint density at radius 3 is 2.54 bits per heavy atom. The largest absolute Gasteiger partial charge is 0.508 e. The summed E-state index contributed by atoms with van der Waals surface area (Å²) in [4.78, 5) is 23.8. The number of carboxylic acid groups (broad SMARTS) is 1. The number of phenols is 1. The summed E-state index contributed by atoms with van der Waals surface area (Å²) in [6.45, 7) is 3.83. The Hall–Kier alpha value is -1.77. The average Bonchev–Trinajstić information content (AvgIpc) is 2.72. The molecule has 24 heavy (non-hydrogen) atoms. The highest BCUT2D eigenvalue weighted by Gasteiger charge is 2.61. The first-order valence-electron chi connectivity index (χ1n) is 7.72. The molecule has 1 unspecified atom stereocenters. The molecule has 1 amide bonds. The van der Waals surface area contributed by atoms with Gasteiger partial charge >= 0.3 is 5.97 Å². The normalized spacial score (nSPS) is 31.6. The Balaban J connectivity index is 1.63. The molecule has 0 aliphatic carbocycles. The molecule has 0 bridgehead atoms. The van der Waals surface area contributed by atoms with Crippen molar-refractivity contribution in [1.29, 1.82) is 0 Å². The van der Waals surface area contributed by atoms with Crippen molar-refractivity contribution in [3.63, 3.8) is 0 Å². The molecule has 6 N–H and O–H groups in total. The van der Waals surface area contributed by atoms with Crippen LogP contribution in [-0.4, -0.2) is 44.3 Å². The molecule has 0 radical (unpaired) electrons. The van der Waals surface area contributed by atoms with E-state index in [0.717, 1.165) is 0 Å². The minimum Gasteiger partial charge on any atom is -0.508 e. The maximum Gasteiger partial charge on any atom is 0.309 e. The first-order valence-corrected chi connectivity index (χ1v) is 8.60. The summed E-state index contributed by atoms with van der Waals surface area (Å²) in [5.74, 6) is -1.54. The quantitative estimate of drug-likeness (QED) is 0.532. The molecule has 2 aliphatic heterocycles. The van der Waals surface area contributed by atoms with Gasteiger partial charge in [0.15, 0.2) is 0 Å². The fourth-order valence-electron chi connectivity index (χ4n) is 3.42. The number of carboxylic acids is 1. The van der Waals surface area contributed by atoms with Crippen molar-refractivity contribution in [1.82, 2.24) is 10.6 Å². The van der Waals surface area contributed by atoms with Crippen molar-refractivity contribution in [2.24, 2.45) is 11.7 Å². The molecule has 2 aliphatic rings. The summed E-state index contributed by atoms with van der Waals surface area (Å²) < 4.78 is -0.396. The zero-order valence-corrected chi connectivity index (χ0v) is 14.2. The summed E-state index contributed by atoms with van der Waals surface area (Å²) in [6, 6.07) is 5.16. The molecule has 2 heterocycles. The van der Waals surface area contributed by atoms with Crippen molar-refractivity contribution in [3.8, 4) is 5.75 Å². The second kappa shape index (κ2) is 5.94. The highest BCUT2D eigenvalue weighted by Crippen LogP contribution is 2.52. The molecule has 7 nitrogen and oxygen atoms in total. The lowest BCUT2D eigenvalue weighted by Gasteiger charge is -2.43. The van der Waals surface area contributed by atoms with Crippen molar-refractivity contribution in [2.75, 3.05) is 0 Å². The van der Waals surface area contributed by atoms with Crippen molar-refractivity contribution < 1.29 is 19.8 Å². The van der Waals surface area contributed by atoms with Gasteiger partial charge in [-0.15, -0.1) is 11.8 Å². The van der Waals surface area contributed by atoms with Gasteiger partial charge in [0.05, 0.1) is 17.3 Å². The molecule has 2 fully saturated rings. The summed E-state index contributed by atoms with van der Waals surface area (Å²) in [5, 5.41) is 24.7. The molecule has 2 saturated heterocycles. The standard InChI is InChI=1S/C16H21N3O4S/c1-16(2)9(15(22)23)11-12(24-16)13(18-11)19-14(21)10(17)7-3-5-8(20)6-4-7/h3-6,9-13,18,20H,17H2,1-2H3,(H,19,21)(H,22,23)/t9-,10+,11?,12-,13-/m0/s1. The number of thioether (sulfide) groups is 1. The van der Waals surface area contributed by atoms with Crippen LogP contribution < -0.4 is 16.4 Å². The number of hydrogen-bond donors (Lipinski definition) is 5. The van der Waals surface area contributed by atoms with Crippen LogP contribution in [-0.2, 0) is 9.59 Å². The van der Waals surface area contributed by atoms with E-state index in [-0.39, 0.29) is 29.1 Å². The lowest BCUT2D eigenvalue weighted by atomic mass is 9.82. The average molecular weight is 351 g/mol. The van der Waals surface area contributed by atoms with Crippen LogP contribution in [0.5, 0.6) is 5.75 Å². The summed E-state index contributed by atoms with van der Waals surface area (Å²) in [7, 11) is 0. The van der Waals surface area contributed by atoms with E-state index in [0.29, 0.717) is 5.56 Å². The van der Waals surface area contributed by atoms with E-state index in [4.69, 9.17) is 5.73 Å². The smallest absolute Gasteiger partial charge is 0.309 e. The van der Waals surface area contributed by atoms with Gasteiger partial charge < -0.3 is 21.3 Å². The first kappa shape index (κ1) is 17.1. The van der Waals surface area contributed by atoms with E-state index < -0.39 is 22.7 Å². The Bertz CT molecular complexity index is 664. The lowest BCUT2D eigenvalue weighted by Crippen LogP contribution is -2.71. The van der Waals surface area contributed by atoms with Gasteiger partial charge in [-0.2, -0.15) is 0 Å². The topological polar surface area (TPSA) is 125 Å². The number of hydrogen-bond acceptors (Lipinski definition) is 6. The molecular formula is C16H21N3O4S. The fraction of sp³-hybridized carbons (Fsp3) is 0.500. The van der Waals surface area contributed by atoms with Crippen LogP contribution in [0.25, 0.3) is 0 Å². The number of fused-ring (bicyclic) bond motifs is 1. The van der Waals surface area contributed by atoms with E-state index in [2.05, 4.69) is 10.6 Å². The number of rotatable bonds is 4. The molecule has 1 aromatic rings. The van der Waals surface area contributed by atoms with Gasteiger partial charge in [0, 0.05) is 10.8 Å². The zero-order valence-electron chi connectivity index (χ0n) is 13.4. The third kappa shape index (κ3) is 2.85. The van der Waals surface area contributed by atoms with E-state index in [1.807, 2.05) is 13.8 Å². The maximum atomic E-state index is 12.3. The molecule has 1 aromatic carbocycles. The summed E-state index contributed by atoms with van der Waals surface area (Å²) in [5.41, 5.74) is 6.56. The number of carbonyl (C=O) groups is 2. The number of aliphatic carboxylic acids is 1. The van der Waals surface area contributed by atoms with E-state index in [1.54, 1.807) is 23.9 Å². The number of phenolic OH excluding ortho intramolecular Hbond substituents is 1. The molecule has 130 valence electrons. The molecule has 0 saturated carbocycles. The van der Waals surface area contributed by atoms with Crippen molar-refractivity contribution >= 4 is 23.6 Å². The Labute approximate surface area is 144 Å². The Morgan fingerprint density at radius 2 is 1.96 bits per heavy atom. The van der Waals surface area contributed by atoms with Crippen LogP contribution >= 0.6 is 11.8 Å². The van der Waals surface area contributed by atoms with Gasteiger partial charge in [0.2, 0.25) is 5.91 Å². The highest BCUT2D eigenvalue weighted by molar-refractivity contribution is 8.01. The third-order valence-electron chi connectivity index (χ3n) is 4.70. The molecule has 0 spiro atoms. The summed E-state index contributed by atoms with van der Waals surface area (Å²) >= 11 is 1.58. The van der Waals surface area contributed by atoms with Crippen molar-refractivity contribution in [3.05, 3.63) is 29.8 Å². The van der Waals surface area contributed by atoms with E-state index >= 15 is 0 Å². The number of aromatic hydroxyl groups is 1. The van der Waals surface area contributed by atoms with Gasteiger partial charge in [-0.05, 0) is 31.5 Å². The van der Waals surface area contributed by atoms with Gasteiger partial charge in [0.25, 0.3) is 0 Å². The third-order valence-corrected chi connectivity index (χ3v) is 6.40. The van der Waals surface area contributed by atoms with Crippen LogP contribution in [0.1, 0.15) is 25.5 Å². The molecule has 8 heteroatoms. The first-order chi connectivity index (χ1) is 11.2. The van der Waals surface area contributed by atoms with Crippen LogP contribution in [0.3, 0.4) is 0 Å². The number of nitrogens with two attached hydrogens (primary N) is 1. The number of benzene rings is 1. The van der Waals surface area contributed by atoms with Crippen LogP contribution in [0.2, 0.25) is 0 Å². The van der Waals surface area contributed by atoms with Gasteiger partial charge in [0.1, 0.15) is 11.8 Å². The van der Waals surface area contributed by atoms with Crippen LogP contribution in [0, 0.1) is 5.92 Å². The minimum absolute atomic E-state index is 0.0112. The Morgan fingerprint density at radius 1 is 1.33 bits per heavy atom. The van der Waals surface area contributed by atoms with Gasteiger partial charge in [-0.1, -0.05) is 12.1 Å². The zero-order chi connectivity index (χ0) is 17.6. The molecular weight excluding hydrogens is 330 g/mol. The number of nitrogens with one attached hydrogen (secondary N) is 2. The van der Waals surface area contributed by atoms with Crippen LogP contribution in [0.15, 0.2) is 24.3 Å². The maximum absolute atomic E-state index is 12.3. The lowest BCUT2D eigenvalue weighted by molar-refractivity contribution is -0.144. The second-order valence-corrected chi connectivity index (χ2v) is 8.58. The van der Waals surface area contributed by atoms with Gasteiger partial charge in [-0.3, -0.25) is 14.9 Å². The number of amides is 1. The monoisotopic (exact) mass is 351 g/mol. The predicted octanol–water partition coefficient (Wildman–Crippen LogP) is 0.401. The van der Waals surface area contributed by atoms with Crippen molar-refractivity contribution in [2.45, 2.75) is 42.1 Å². The molecule has 3 rings (SSSR count). The van der Waals surface area contributed by atoms with Gasteiger partial charge in [-0.25, -0.2) is 0 Å². The number of carbonyl (C=O) groups excluding carboxylic acids is 1. The molecule has 0 aromatic heterocycles. The second-order valence-electron chi connectivity index (χ2n) is 6.75.